The molecular formula is C11H10FN3O3. The molecule has 1 heterocycles. The fraction of sp³-hybridized carbons (Fsp3) is 0.0909. The standard InChI is InChI=1S/C11H10FN3O3/c12-10-7-8(15(16)17)1-2-11(10)18-9-3-5-14(13)6-4-9/h1-5,7H,6,13H2. The lowest BCUT2D eigenvalue weighted by atomic mass is 10.3. The number of benzene rings is 1. The molecule has 0 bridgehead atoms. The topological polar surface area (TPSA) is 81.6 Å². The van der Waals surface area contributed by atoms with Crippen LogP contribution in [-0.4, -0.2) is 16.5 Å². The Bertz CT molecular complexity index is 542. The van der Waals surface area contributed by atoms with Gasteiger partial charge in [-0.1, -0.05) is 0 Å². The predicted octanol–water partition coefficient (Wildman–Crippen LogP) is 1.70. The fourth-order valence-corrected chi connectivity index (χ4v) is 1.38. The molecule has 18 heavy (non-hydrogen) atoms. The molecule has 2 N–H and O–H groups in total. The smallest absolute Gasteiger partial charge is 0.272 e. The van der Waals surface area contributed by atoms with Gasteiger partial charge in [0.2, 0.25) is 0 Å². The molecule has 0 saturated heterocycles. The number of nitro benzene ring substituents is 1. The van der Waals surface area contributed by atoms with E-state index in [1.54, 1.807) is 18.4 Å². The lowest BCUT2D eigenvalue weighted by Crippen LogP contribution is -2.27. The van der Waals surface area contributed by atoms with Gasteiger partial charge in [0.25, 0.3) is 5.69 Å². The second kappa shape index (κ2) is 4.84. The minimum Gasteiger partial charge on any atom is -0.454 e. The maximum absolute atomic E-state index is 13.5. The van der Waals surface area contributed by atoms with E-state index in [1.807, 2.05) is 0 Å². The van der Waals surface area contributed by atoms with E-state index in [9.17, 15) is 14.5 Å². The van der Waals surface area contributed by atoms with Gasteiger partial charge in [-0.3, -0.25) is 10.1 Å². The summed E-state index contributed by atoms with van der Waals surface area (Å²) >= 11 is 0. The van der Waals surface area contributed by atoms with Crippen LogP contribution in [0.5, 0.6) is 5.75 Å². The SMILES string of the molecule is NN1C=CC(Oc2ccc([N+](=O)[O-])cc2F)=CC1. The molecule has 94 valence electrons. The van der Waals surface area contributed by atoms with E-state index in [0.29, 0.717) is 12.3 Å². The third-order valence-corrected chi connectivity index (χ3v) is 2.29. The summed E-state index contributed by atoms with van der Waals surface area (Å²) in [5.74, 6) is 5.05. The van der Waals surface area contributed by atoms with E-state index in [1.165, 1.54) is 17.1 Å². The molecule has 6 nitrogen and oxygen atoms in total. The van der Waals surface area contributed by atoms with Crippen LogP contribution >= 0.6 is 0 Å². The molecule has 1 aromatic rings. The van der Waals surface area contributed by atoms with Crippen molar-refractivity contribution in [3.8, 4) is 5.75 Å². The summed E-state index contributed by atoms with van der Waals surface area (Å²) in [5.41, 5.74) is -0.318. The number of nitrogens with zero attached hydrogens (tertiary/aromatic N) is 2. The predicted molar refractivity (Wildman–Crippen MR) is 61.8 cm³/mol. The van der Waals surface area contributed by atoms with E-state index in [0.717, 1.165) is 6.07 Å². The zero-order chi connectivity index (χ0) is 13.1. The third kappa shape index (κ3) is 2.64. The number of hydrogen-bond donors (Lipinski definition) is 1. The van der Waals surface area contributed by atoms with Crippen molar-refractivity contribution >= 4 is 5.69 Å². The van der Waals surface area contributed by atoms with Crippen LogP contribution in [0.3, 0.4) is 0 Å². The van der Waals surface area contributed by atoms with Crippen LogP contribution in [0.2, 0.25) is 0 Å². The summed E-state index contributed by atoms with van der Waals surface area (Å²) in [6, 6.07) is 3.22. The molecule has 0 saturated carbocycles. The highest BCUT2D eigenvalue weighted by molar-refractivity contribution is 5.39. The van der Waals surface area contributed by atoms with E-state index < -0.39 is 10.7 Å². The van der Waals surface area contributed by atoms with Crippen molar-refractivity contribution in [3.05, 3.63) is 58.2 Å². The van der Waals surface area contributed by atoms with E-state index in [-0.39, 0.29) is 11.4 Å². The Morgan fingerprint density at radius 1 is 1.50 bits per heavy atom. The highest BCUT2D eigenvalue weighted by Crippen LogP contribution is 2.24. The van der Waals surface area contributed by atoms with Crippen LogP contribution in [-0.2, 0) is 0 Å². The van der Waals surface area contributed by atoms with Crippen LogP contribution in [0.25, 0.3) is 0 Å². The highest BCUT2D eigenvalue weighted by Gasteiger charge is 2.13. The summed E-state index contributed by atoms with van der Waals surface area (Å²) in [6.45, 7) is 0.445. The number of hydrazine groups is 1. The summed E-state index contributed by atoms with van der Waals surface area (Å²) < 4.78 is 18.8. The number of hydrogen-bond acceptors (Lipinski definition) is 5. The Kier molecular flexibility index (Phi) is 3.24. The molecule has 0 aliphatic carbocycles. The Labute approximate surface area is 102 Å². The van der Waals surface area contributed by atoms with Crippen LogP contribution in [0, 0.1) is 15.9 Å². The zero-order valence-electron chi connectivity index (χ0n) is 9.25. The molecule has 0 amide bonds. The number of rotatable bonds is 3. The van der Waals surface area contributed by atoms with Gasteiger partial charge in [-0.05, 0) is 18.2 Å². The fourth-order valence-electron chi connectivity index (χ4n) is 1.38. The van der Waals surface area contributed by atoms with Crippen molar-refractivity contribution in [3.63, 3.8) is 0 Å². The molecule has 1 aliphatic rings. The van der Waals surface area contributed by atoms with Gasteiger partial charge in [-0.15, -0.1) is 0 Å². The molecule has 0 aromatic heterocycles. The summed E-state index contributed by atoms with van der Waals surface area (Å²) in [5, 5.41) is 11.9. The van der Waals surface area contributed by atoms with Crippen molar-refractivity contribution in [1.82, 2.24) is 5.01 Å². The average Bonchev–Trinajstić information content (AvgIpc) is 2.34. The molecule has 1 aromatic carbocycles. The normalized spacial score (nSPS) is 14.3. The maximum atomic E-state index is 13.5. The van der Waals surface area contributed by atoms with Gasteiger partial charge in [0, 0.05) is 12.3 Å². The van der Waals surface area contributed by atoms with Crippen molar-refractivity contribution in [2.24, 2.45) is 5.84 Å². The Hall–Kier alpha value is -2.41. The van der Waals surface area contributed by atoms with Crippen LogP contribution in [0.15, 0.2) is 42.3 Å². The largest absolute Gasteiger partial charge is 0.454 e. The van der Waals surface area contributed by atoms with Gasteiger partial charge >= 0.3 is 0 Å². The first-order valence-corrected chi connectivity index (χ1v) is 5.08. The Balaban J connectivity index is 2.16. The van der Waals surface area contributed by atoms with Crippen molar-refractivity contribution in [1.29, 1.82) is 0 Å². The molecule has 0 spiro atoms. The molecule has 7 heteroatoms. The number of allylic oxidation sites excluding steroid dienone is 1. The van der Waals surface area contributed by atoms with Crippen molar-refractivity contribution in [2.75, 3.05) is 6.54 Å². The van der Waals surface area contributed by atoms with E-state index in [4.69, 9.17) is 10.6 Å². The molecular weight excluding hydrogens is 241 g/mol. The number of non-ortho nitro benzene ring substituents is 1. The van der Waals surface area contributed by atoms with Gasteiger partial charge in [0.15, 0.2) is 11.6 Å². The van der Waals surface area contributed by atoms with Gasteiger partial charge in [0.05, 0.1) is 17.5 Å². The lowest BCUT2D eigenvalue weighted by Gasteiger charge is -2.17. The van der Waals surface area contributed by atoms with Gasteiger partial charge in [-0.25, -0.2) is 10.2 Å². The Morgan fingerprint density at radius 3 is 2.83 bits per heavy atom. The van der Waals surface area contributed by atoms with E-state index >= 15 is 0 Å². The number of halogens is 1. The molecule has 1 aliphatic heterocycles. The third-order valence-electron chi connectivity index (χ3n) is 2.29. The van der Waals surface area contributed by atoms with Gasteiger partial charge in [-0.2, -0.15) is 0 Å². The number of nitrogens with two attached hydrogens (primary N) is 1. The summed E-state index contributed by atoms with van der Waals surface area (Å²) in [4.78, 5) is 9.78. The van der Waals surface area contributed by atoms with Crippen LogP contribution in [0.1, 0.15) is 0 Å². The number of ether oxygens (including phenoxy) is 1. The van der Waals surface area contributed by atoms with E-state index in [2.05, 4.69) is 0 Å². The first-order chi connectivity index (χ1) is 8.56. The average molecular weight is 251 g/mol. The molecule has 0 radical (unpaired) electrons. The molecule has 0 unspecified atom stereocenters. The van der Waals surface area contributed by atoms with Crippen LogP contribution < -0.4 is 10.6 Å². The lowest BCUT2D eigenvalue weighted by molar-refractivity contribution is -0.385. The summed E-state index contributed by atoms with van der Waals surface area (Å²) in [6.07, 6.45) is 4.82. The monoisotopic (exact) mass is 251 g/mol. The summed E-state index contributed by atoms with van der Waals surface area (Å²) in [7, 11) is 0. The van der Waals surface area contributed by atoms with Crippen molar-refractivity contribution in [2.45, 2.75) is 0 Å². The highest BCUT2D eigenvalue weighted by atomic mass is 19.1. The minimum absolute atomic E-state index is 0.0676. The van der Waals surface area contributed by atoms with Crippen molar-refractivity contribution < 1.29 is 14.1 Å². The number of nitro groups is 1. The minimum atomic E-state index is -0.784. The Morgan fingerprint density at radius 2 is 2.28 bits per heavy atom. The first kappa shape index (κ1) is 12.1. The second-order valence-electron chi connectivity index (χ2n) is 3.59. The van der Waals surface area contributed by atoms with Crippen LogP contribution in [0.4, 0.5) is 10.1 Å². The molecule has 0 atom stereocenters. The molecule has 0 fully saturated rings. The maximum Gasteiger partial charge on any atom is 0.272 e. The second-order valence-corrected chi connectivity index (χ2v) is 3.59. The van der Waals surface area contributed by atoms with Gasteiger partial charge < -0.3 is 9.75 Å². The molecule has 2 rings (SSSR count). The zero-order valence-corrected chi connectivity index (χ0v) is 9.25. The quantitative estimate of drug-likeness (QED) is 0.502. The first-order valence-electron chi connectivity index (χ1n) is 5.08. The van der Waals surface area contributed by atoms with Gasteiger partial charge in [0.1, 0.15) is 5.76 Å².